The average molecular weight is 153 g/mol. The minimum Gasteiger partial charge on any atom is -0.316 e. The molecule has 0 bridgehead atoms. The third-order valence-corrected chi connectivity index (χ3v) is 2.35. The van der Waals surface area contributed by atoms with E-state index in [9.17, 15) is 0 Å². The van der Waals surface area contributed by atoms with Crippen molar-refractivity contribution >= 4 is 0 Å². The van der Waals surface area contributed by atoms with Crippen LogP contribution >= 0.6 is 0 Å². The Morgan fingerprint density at radius 3 is 3.18 bits per heavy atom. The van der Waals surface area contributed by atoms with Crippen molar-refractivity contribution in [1.29, 1.82) is 0 Å². The summed E-state index contributed by atoms with van der Waals surface area (Å²) in [6.07, 6.45) is 9.91. The first kappa shape index (κ1) is 8.79. The molecule has 1 fully saturated rings. The van der Waals surface area contributed by atoms with E-state index >= 15 is 0 Å². The molecule has 1 unspecified atom stereocenters. The van der Waals surface area contributed by atoms with Crippen LogP contribution < -0.4 is 5.32 Å². The molecule has 1 rings (SSSR count). The highest BCUT2D eigenvalue weighted by atomic mass is 14.9. The lowest BCUT2D eigenvalue weighted by Gasteiger charge is -2.10. The first-order valence-corrected chi connectivity index (χ1v) is 4.75. The zero-order valence-electron chi connectivity index (χ0n) is 7.47. The summed E-state index contributed by atoms with van der Waals surface area (Å²) >= 11 is 0. The fourth-order valence-corrected chi connectivity index (χ4v) is 1.62. The molecule has 0 amide bonds. The predicted octanol–water partition coefficient (Wildman–Crippen LogP) is 2.34. The van der Waals surface area contributed by atoms with Crippen LogP contribution in [-0.2, 0) is 0 Å². The van der Waals surface area contributed by atoms with Gasteiger partial charge in [-0.1, -0.05) is 18.6 Å². The maximum Gasteiger partial charge on any atom is -0.00176 e. The van der Waals surface area contributed by atoms with Gasteiger partial charge in [0.2, 0.25) is 0 Å². The van der Waals surface area contributed by atoms with E-state index in [1.54, 1.807) is 0 Å². The normalized spacial score (nSPS) is 27.2. The fraction of sp³-hybridized carbons (Fsp3) is 0.800. The molecule has 0 spiro atoms. The minimum atomic E-state index is 0.897. The molecule has 1 aliphatic heterocycles. The Morgan fingerprint density at radius 2 is 2.36 bits per heavy atom. The number of allylic oxidation sites excluding steroid dienone is 2. The van der Waals surface area contributed by atoms with E-state index in [1.807, 2.05) is 0 Å². The maximum absolute atomic E-state index is 3.47. The third-order valence-electron chi connectivity index (χ3n) is 2.35. The Kier molecular flexibility index (Phi) is 4.29. The van der Waals surface area contributed by atoms with Crippen molar-refractivity contribution in [2.24, 2.45) is 5.92 Å². The molecule has 11 heavy (non-hydrogen) atoms. The molecule has 0 aromatic rings. The molecule has 64 valence electrons. The van der Waals surface area contributed by atoms with Crippen LogP contribution in [0.2, 0.25) is 0 Å². The summed E-state index contributed by atoms with van der Waals surface area (Å²) in [6.45, 7) is 4.56. The van der Waals surface area contributed by atoms with Gasteiger partial charge in [-0.2, -0.15) is 0 Å². The molecule has 0 saturated carbocycles. The molecule has 1 N–H and O–H groups in total. The lowest BCUT2D eigenvalue weighted by atomic mass is 10.00. The van der Waals surface area contributed by atoms with E-state index in [2.05, 4.69) is 24.4 Å². The minimum absolute atomic E-state index is 0.897. The van der Waals surface area contributed by atoms with E-state index in [1.165, 1.54) is 38.8 Å². The molecule has 0 radical (unpaired) electrons. The number of rotatable bonds is 2. The second kappa shape index (κ2) is 5.36. The van der Waals surface area contributed by atoms with Gasteiger partial charge >= 0.3 is 0 Å². The highest BCUT2D eigenvalue weighted by Gasteiger charge is 2.08. The molecule has 1 atom stereocenters. The van der Waals surface area contributed by atoms with Crippen LogP contribution in [0, 0.1) is 5.92 Å². The van der Waals surface area contributed by atoms with Gasteiger partial charge in [0.05, 0.1) is 0 Å². The Hall–Kier alpha value is -0.300. The predicted molar refractivity (Wildman–Crippen MR) is 49.6 cm³/mol. The molecular weight excluding hydrogens is 134 g/mol. The van der Waals surface area contributed by atoms with Crippen molar-refractivity contribution in [1.82, 2.24) is 5.32 Å². The molecule has 1 nitrogen and oxygen atoms in total. The van der Waals surface area contributed by atoms with Crippen LogP contribution in [0.15, 0.2) is 12.2 Å². The molecule has 1 heteroatoms. The maximum atomic E-state index is 3.47. The van der Waals surface area contributed by atoms with Crippen LogP contribution in [0.25, 0.3) is 0 Å². The van der Waals surface area contributed by atoms with E-state index in [0.717, 1.165) is 5.92 Å². The summed E-state index contributed by atoms with van der Waals surface area (Å²) < 4.78 is 0. The van der Waals surface area contributed by atoms with Crippen molar-refractivity contribution in [2.75, 3.05) is 13.1 Å². The van der Waals surface area contributed by atoms with E-state index in [0.29, 0.717) is 0 Å². The van der Waals surface area contributed by atoms with Gasteiger partial charge in [0, 0.05) is 0 Å². The standard InChI is InChI=1S/C10H19N/c1-2-3-6-10-7-4-5-8-11-9-10/h2-3,10-11H,4-9H2,1H3/b3-2+. The number of hydrogen-bond acceptors (Lipinski definition) is 1. The van der Waals surface area contributed by atoms with Crippen molar-refractivity contribution in [2.45, 2.75) is 32.6 Å². The molecule has 0 aromatic carbocycles. The molecule has 0 aromatic heterocycles. The van der Waals surface area contributed by atoms with Gasteiger partial charge in [-0.3, -0.25) is 0 Å². The smallest absolute Gasteiger partial charge is 0.00176 e. The SMILES string of the molecule is C/C=C/CC1CCCCNC1. The van der Waals surface area contributed by atoms with Crippen LogP contribution in [0.4, 0.5) is 0 Å². The first-order valence-electron chi connectivity index (χ1n) is 4.75. The first-order chi connectivity index (χ1) is 5.43. The molecule has 1 saturated heterocycles. The summed E-state index contributed by atoms with van der Waals surface area (Å²) in [5, 5.41) is 3.47. The van der Waals surface area contributed by atoms with Gasteiger partial charge in [0.15, 0.2) is 0 Å². The van der Waals surface area contributed by atoms with Gasteiger partial charge in [0.1, 0.15) is 0 Å². The molecule has 1 heterocycles. The fourth-order valence-electron chi connectivity index (χ4n) is 1.62. The second-order valence-electron chi connectivity index (χ2n) is 3.37. The van der Waals surface area contributed by atoms with Crippen molar-refractivity contribution < 1.29 is 0 Å². The quantitative estimate of drug-likeness (QED) is 0.600. The van der Waals surface area contributed by atoms with Crippen LogP contribution in [0.5, 0.6) is 0 Å². The lowest BCUT2D eigenvalue weighted by Crippen LogP contribution is -2.20. The largest absolute Gasteiger partial charge is 0.316 e. The summed E-state index contributed by atoms with van der Waals surface area (Å²) in [5.74, 6) is 0.897. The zero-order chi connectivity index (χ0) is 7.94. The van der Waals surface area contributed by atoms with Crippen molar-refractivity contribution in [3.63, 3.8) is 0 Å². The summed E-state index contributed by atoms with van der Waals surface area (Å²) in [7, 11) is 0. The Balaban J connectivity index is 2.19. The number of nitrogens with one attached hydrogen (secondary N) is 1. The van der Waals surface area contributed by atoms with Crippen LogP contribution in [-0.4, -0.2) is 13.1 Å². The summed E-state index contributed by atoms with van der Waals surface area (Å²) in [4.78, 5) is 0. The van der Waals surface area contributed by atoms with E-state index in [4.69, 9.17) is 0 Å². The summed E-state index contributed by atoms with van der Waals surface area (Å²) in [5.41, 5.74) is 0. The second-order valence-corrected chi connectivity index (χ2v) is 3.37. The number of hydrogen-bond donors (Lipinski definition) is 1. The highest BCUT2D eigenvalue weighted by Crippen LogP contribution is 2.14. The Bertz CT molecular complexity index is 110. The topological polar surface area (TPSA) is 12.0 Å². The molecule has 0 aliphatic carbocycles. The third kappa shape index (κ3) is 3.57. The van der Waals surface area contributed by atoms with Crippen molar-refractivity contribution in [3.05, 3.63) is 12.2 Å². The Labute approximate surface area is 69.9 Å². The van der Waals surface area contributed by atoms with Crippen LogP contribution in [0.1, 0.15) is 32.6 Å². The summed E-state index contributed by atoms with van der Waals surface area (Å²) in [6, 6.07) is 0. The van der Waals surface area contributed by atoms with Crippen LogP contribution in [0.3, 0.4) is 0 Å². The zero-order valence-corrected chi connectivity index (χ0v) is 7.47. The molecule has 1 aliphatic rings. The van der Waals surface area contributed by atoms with Gasteiger partial charge < -0.3 is 5.32 Å². The monoisotopic (exact) mass is 153 g/mol. The lowest BCUT2D eigenvalue weighted by molar-refractivity contribution is 0.485. The van der Waals surface area contributed by atoms with Gasteiger partial charge in [0.25, 0.3) is 0 Å². The highest BCUT2D eigenvalue weighted by molar-refractivity contribution is 4.82. The van der Waals surface area contributed by atoms with E-state index in [-0.39, 0.29) is 0 Å². The van der Waals surface area contributed by atoms with Gasteiger partial charge in [-0.05, 0) is 45.2 Å². The van der Waals surface area contributed by atoms with Gasteiger partial charge in [-0.15, -0.1) is 0 Å². The Morgan fingerprint density at radius 1 is 1.45 bits per heavy atom. The van der Waals surface area contributed by atoms with Gasteiger partial charge in [-0.25, -0.2) is 0 Å². The average Bonchev–Trinajstić information content (AvgIpc) is 2.28. The molecular formula is C10H19N. The van der Waals surface area contributed by atoms with Crippen molar-refractivity contribution in [3.8, 4) is 0 Å². The van der Waals surface area contributed by atoms with E-state index < -0.39 is 0 Å².